The van der Waals surface area contributed by atoms with Gasteiger partial charge in [0.25, 0.3) is 0 Å². The number of hydrogen-bond acceptors (Lipinski definition) is 1. The van der Waals surface area contributed by atoms with E-state index in [1.165, 1.54) is 28.8 Å². The minimum Gasteiger partial charge on any atom is -0.306 e. The number of nitrogens with zero attached hydrogens (tertiary/aromatic N) is 1. The molecule has 1 aliphatic rings. The average molecular weight is 416 g/mol. The van der Waals surface area contributed by atoms with Crippen LogP contribution in [0.4, 0.5) is 10.1 Å². The van der Waals surface area contributed by atoms with Crippen LogP contribution in [0.5, 0.6) is 0 Å². The molecule has 4 rings (SSSR count). The second-order valence-corrected chi connectivity index (χ2v) is 9.42. The van der Waals surface area contributed by atoms with E-state index in [1.807, 2.05) is 11.0 Å². The topological polar surface area (TPSA) is 20.3 Å². The minimum atomic E-state index is -0.371. The molecule has 0 N–H and O–H groups in total. The molecule has 3 heteroatoms. The number of carbonyl (C=O) groups excluding carboxylic acids is 1. The van der Waals surface area contributed by atoms with Crippen LogP contribution in [0, 0.1) is 5.82 Å². The van der Waals surface area contributed by atoms with Crippen molar-refractivity contribution >= 4 is 11.6 Å². The molecule has 31 heavy (non-hydrogen) atoms. The van der Waals surface area contributed by atoms with E-state index in [4.69, 9.17) is 0 Å². The van der Waals surface area contributed by atoms with E-state index in [0.717, 1.165) is 24.1 Å². The number of rotatable bonds is 4. The maximum absolute atomic E-state index is 13.5. The van der Waals surface area contributed by atoms with E-state index >= 15 is 0 Å². The van der Waals surface area contributed by atoms with E-state index in [2.05, 4.69) is 70.2 Å². The molecule has 1 heterocycles. The molecule has 1 amide bonds. The van der Waals surface area contributed by atoms with Gasteiger partial charge in [0.1, 0.15) is 5.82 Å². The summed E-state index contributed by atoms with van der Waals surface area (Å²) in [5.41, 5.74) is 4.99. The Kier molecular flexibility index (Phi) is 5.47. The molecular formula is C28H30FNO. The summed E-state index contributed by atoms with van der Waals surface area (Å²) in [4.78, 5) is 15.4. The van der Waals surface area contributed by atoms with Gasteiger partial charge in [0.15, 0.2) is 0 Å². The lowest BCUT2D eigenvalue weighted by molar-refractivity contribution is -0.119. The number of para-hydroxylation sites is 1. The van der Waals surface area contributed by atoms with Crippen molar-refractivity contribution in [2.45, 2.75) is 57.9 Å². The molecule has 2 nitrogen and oxygen atoms in total. The van der Waals surface area contributed by atoms with E-state index < -0.39 is 0 Å². The van der Waals surface area contributed by atoms with Gasteiger partial charge >= 0.3 is 0 Å². The van der Waals surface area contributed by atoms with Crippen LogP contribution in [0.25, 0.3) is 0 Å². The minimum absolute atomic E-state index is 0.0347. The Labute approximate surface area is 184 Å². The second kappa shape index (κ2) is 7.96. The number of aryl methyl sites for hydroxylation is 1. The largest absolute Gasteiger partial charge is 0.306 e. The predicted octanol–water partition coefficient (Wildman–Crippen LogP) is 6.45. The first-order valence-corrected chi connectivity index (χ1v) is 11.0. The maximum Gasteiger partial charge on any atom is 0.231 e. The van der Waals surface area contributed by atoms with Crippen LogP contribution in [0.3, 0.4) is 0 Å². The van der Waals surface area contributed by atoms with Gasteiger partial charge in [-0.05, 0) is 67.1 Å². The van der Waals surface area contributed by atoms with Gasteiger partial charge < -0.3 is 4.90 Å². The molecule has 0 spiro atoms. The number of amides is 1. The summed E-state index contributed by atoms with van der Waals surface area (Å²) >= 11 is 0. The zero-order valence-corrected chi connectivity index (χ0v) is 18.8. The van der Waals surface area contributed by atoms with E-state index in [1.54, 1.807) is 12.1 Å². The molecule has 1 atom stereocenters. The average Bonchev–Trinajstić information content (AvgIpc) is 2.75. The van der Waals surface area contributed by atoms with Gasteiger partial charge in [-0.1, -0.05) is 68.4 Å². The molecule has 0 radical (unpaired) electrons. The lowest BCUT2D eigenvalue weighted by Gasteiger charge is -2.51. The zero-order valence-electron chi connectivity index (χ0n) is 18.8. The Bertz CT molecular complexity index is 1080. The van der Waals surface area contributed by atoms with Crippen LogP contribution in [0.2, 0.25) is 0 Å². The number of carbonyl (C=O) groups is 1. The van der Waals surface area contributed by atoms with Crippen molar-refractivity contribution in [1.29, 1.82) is 0 Å². The van der Waals surface area contributed by atoms with Gasteiger partial charge in [-0.15, -0.1) is 0 Å². The van der Waals surface area contributed by atoms with Crippen molar-refractivity contribution in [3.05, 3.63) is 101 Å². The maximum atomic E-state index is 13.5. The van der Waals surface area contributed by atoms with E-state index in [0.29, 0.717) is 0 Å². The molecule has 160 valence electrons. The summed E-state index contributed by atoms with van der Waals surface area (Å²) in [6, 6.07) is 23.4. The summed E-state index contributed by atoms with van der Waals surface area (Å²) in [7, 11) is 0. The molecule has 3 aromatic carbocycles. The Hall–Kier alpha value is -2.94. The predicted molar refractivity (Wildman–Crippen MR) is 125 cm³/mol. The summed E-state index contributed by atoms with van der Waals surface area (Å²) < 4.78 is 13.3. The Morgan fingerprint density at radius 2 is 1.52 bits per heavy atom. The molecular weight excluding hydrogens is 385 g/mol. The van der Waals surface area contributed by atoms with Crippen LogP contribution in [-0.4, -0.2) is 11.4 Å². The number of fused-ring (bicyclic) bond motifs is 1. The number of halogens is 1. The fraction of sp³-hybridized carbons (Fsp3) is 0.321. The van der Waals surface area contributed by atoms with Gasteiger partial charge in [0.2, 0.25) is 5.91 Å². The number of anilines is 1. The fourth-order valence-corrected chi connectivity index (χ4v) is 5.19. The van der Waals surface area contributed by atoms with Crippen molar-refractivity contribution in [3.8, 4) is 0 Å². The summed E-state index contributed by atoms with van der Waals surface area (Å²) in [6.07, 6.45) is 2.09. The fourth-order valence-electron chi connectivity index (χ4n) is 5.19. The van der Waals surface area contributed by atoms with E-state index in [9.17, 15) is 9.18 Å². The van der Waals surface area contributed by atoms with Crippen LogP contribution < -0.4 is 4.90 Å². The molecule has 0 bridgehead atoms. The first-order chi connectivity index (χ1) is 14.7. The van der Waals surface area contributed by atoms with Crippen LogP contribution in [0.1, 0.15) is 56.4 Å². The lowest BCUT2D eigenvalue weighted by Crippen LogP contribution is -2.56. The van der Waals surface area contributed by atoms with Crippen molar-refractivity contribution in [3.63, 3.8) is 0 Å². The Morgan fingerprint density at radius 1 is 0.903 bits per heavy atom. The van der Waals surface area contributed by atoms with Crippen molar-refractivity contribution in [1.82, 2.24) is 0 Å². The molecule has 0 saturated heterocycles. The highest BCUT2D eigenvalue weighted by atomic mass is 19.1. The van der Waals surface area contributed by atoms with Gasteiger partial charge in [0.05, 0.1) is 6.42 Å². The number of benzene rings is 3. The molecule has 0 saturated carbocycles. The summed E-state index contributed by atoms with van der Waals surface area (Å²) in [5, 5.41) is 0. The van der Waals surface area contributed by atoms with Crippen molar-refractivity contribution in [2.24, 2.45) is 0 Å². The first kappa shape index (κ1) is 21.3. The molecule has 0 fully saturated rings. The quantitative estimate of drug-likeness (QED) is 0.479. The van der Waals surface area contributed by atoms with Crippen molar-refractivity contribution < 1.29 is 9.18 Å². The molecule has 0 aromatic heterocycles. The highest BCUT2D eigenvalue weighted by Gasteiger charge is 2.47. The molecule has 1 aliphatic heterocycles. The van der Waals surface area contributed by atoms with Crippen LogP contribution in [-0.2, 0) is 23.1 Å². The van der Waals surface area contributed by atoms with Gasteiger partial charge in [-0.2, -0.15) is 0 Å². The second-order valence-electron chi connectivity index (χ2n) is 9.42. The SMILES string of the molecule is CCc1ccc([C@]2(C)CC(C)(C)N(C(=O)Cc3ccc(F)cc3)c3ccccc32)cc1. The third-order valence-corrected chi connectivity index (χ3v) is 6.65. The third kappa shape index (κ3) is 3.89. The molecule has 0 aliphatic carbocycles. The van der Waals surface area contributed by atoms with E-state index in [-0.39, 0.29) is 29.1 Å². The zero-order chi connectivity index (χ0) is 22.2. The third-order valence-electron chi connectivity index (χ3n) is 6.65. The van der Waals surface area contributed by atoms with Gasteiger partial charge in [-0.25, -0.2) is 4.39 Å². The van der Waals surface area contributed by atoms with Crippen LogP contribution >= 0.6 is 0 Å². The van der Waals surface area contributed by atoms with Gasteiger partial charge in [0, 0.05) is 16.6 Å². The van der Waals surface area contributed by atoms with Gasteiger partial charge in [-0.3, -0.25) is 4.79 Å². The smallest absolute Gasteiger partial charge is 0.231 e. The molecule has 3 aromatic rings. The number of hydrogen-bond donors (Lipinski definition) is 0. The Morgan fingerprint density at radius 3 is 2.16 bits per heavy atom. The monoisotopic (exact) mass is 415 g/mol. The summed E-state index contributed by atoms with van der Waals surface area (Å²) in [5.74, 6) is -0.253. The molecule has 0 unspecified atom stereocenters. The van der Waals surface area contributed by atoms with Crippen molar-refractivity contribution in [2.75, 3.05) is 4.90 Å². The highest BCUT2D eigenvalue weighted by molar-refractivity contribution is 5.98. The normalized spacial score (nSPS) is 19.7. The summed E-state index contributed by atoms with van der Waals surface area (Å²) in [6.45, 7) is 8.74. The van der Waals surface area contributed by atoms with Crippen LogP contribution in [0.15, 0.2) is 72.8 Å². The lowest BCUT2D eigenvalue weighted by atomic mass is 9.65. The standard InChI is InChI=1S/C28H30FNO/c1-5-20-10-14-22(15-11-20)28(4)19-27(2,3)30(25-9-7-6-8-24(25)28)26(31)18-21-12-16-23(29)17-13-21/h6-17H,5,18-19H2,1-4H3/t28-/m0/s1. The highest BCUT2D eigenvalue weighted by Crippen LogP contribution is 2.50. The first-order valence-electron chi connectivity index (χ1n) is 11.0. The Balaban J connectivity index is 1.76.